The van der Waals surface area contributed by atoms with Gasteiger partial charge in [-0.05, 0) is 18.4 Å². The number of methoxy groups -OCH3 is 1. The third-order valence-electron chi connectivity index (χ3n) is 3.48. The summed E-state index contributed by atoms with van der Waals surface area (Å²) in [6.45, 7) is 1.73. The van der Waals surface area contributed by atoms with Crippen molar-refractivity contribution in [3.8, 4) is 0 Å². The Kier molecular flexibility index (Phi) is 4.76. The van der Waals surface area contributed by atoms with Crippen molar-refractivity contribution in [2.24, 2.45) is 0 Å². The van der Waals surface area contributed by atoms with E-state index >= 15 is 0 Å². The summed E-state index contributed by atoms with van der Waals surface area (Å²) in [5.74, 6) is 0.102. The first-order valence-electron chi connectivity index (χ1n) is 6.69. The minimum atomic E-state index is -0.454. The van der Waals surface area contributed by atoms with Crippen molar-refractivity contribution >= 4 is 5.91 Å². The summed E-state index contributed by atoms with van der Waals surface area (Å²) >= 11 is 0. The van der Waals surface area contributed by atoms with Crippen LogP contribution < -0.4 is 0 Å². The number of amides is 1. The molecule has 0 aromatic heterocycles. The minimum Gasteiger partial charge on any atom is -0.367 e. The number of hydrogen-bond donors (Lipinski definition) is 0. The summed E-state index contributed by atoms with van der Waals surface area (Å²) in [6.07, 6.45) is 4.22. The lowest BCUT2D eigenvalue weighted by molar-refractivity contribution is -0.142. The standard InChI is InChI=1S/C15H21NO2/c1-18-14(13-9-5-4-6-10-13)15(17)16-11-7-2-3-8-12-16/h4-6,9-10,14H,2-3,7-8,11-12H2,1H3/t14-/m0/s1. The van der Waals surface area contributed by atoms with Crippen LogP contribution in [-0.2, 0) is 9.53 Å². The van der Waals surface area contributed by atoms with Gasteiger partial charge < -0.3 is 9.64 Å². The van der Waals surface area contributed by atoms with Gasteiger partial charge in [0.05, 0.1) is 0 Å². The van der Waals surface area contributed by atoms with Crippen molar-refractivity contribution < 1.29 is 9.53 Å². The van der Waals surface area contributed by atoms with Crippen LogP contribution in [0.1, 0.15) is 37.4 Å². The SMILES string of the molecule is CO[C@H](C(=O)N1CCCCCC1)c1ccccc1. The molecule has 2 rings (SSSR count). The van der Waals surface area contributed by atoms with Crippen molar-refractivity contribution in [2.75, 3.05) is 20.2 Å². The number of likely N-dealkylation sites (tertiary alicyclic amines) is 1. The maximum absolute atomic E-state index is 12.5. The Morgan fingerprint density at radius 3 is 2.28 bits per heavy atom. The first-order valence-corrected chi connectivity index (χ1v) is 6.69. The van der Waals surface area contributed by atoms with Crippen LogP contribution in [0.5, 0.6) is 0 Å². The molecule has 1 heterocycles. The summed E-state index contributed by atoms with van der Waals surface area (Å²) < 4.78 is 5.40. The molecule has 1 aromatic carbocycles. The molecule has 0 unspecified atom stereocenters. The largest absolute Gasteiger partial charge is 0.367 e. The molecule has 0 spiro atoms. The van der Waals surface area contributed by atoms with Gasteiger partial charge in [0.1, 0.15) is 0 Å². The van der Waals surface area contributed by atoms with Gasteiger partial charge in [0, 0.05) is 20.2 Å². The number of carbonyl (C=O) groups excluding carboxylic acids is 1. The number of benzene rings is 1. The Labute approximate surface area is 109 Å². The molecular weight excluding hydrogens is 226 g/mol. The van der Waals surface area contributed by atoms with E-state index in [9.17, 15) is 4.79 Å². The summed E-state index contributed by atoms with van der Waals surface area (Å²) in [4.78, 5) is 14.4. The van der Waals surface area contributed by atoms with Gasteiger partial charge in [0.2, 0.25) is 0 Å². The van der Waals surface area contributed by atoms with Gasteiger partial charge in [-0.1, -0.05) is 43.2 Å². The van der Waals surface area contributed by atoms with Gasteiger partial charge >= 0.3 is 0 Å². The Morgan fingerprint density at radius 2 is 1.72 bits per heavy atom. The summed E-state index contributed by atoms with van der Waals surface area (Å²) in [7, 11) is 1.60. The van der Waals surface area contributed by atoms with Crippen LogP contribution in [0.2, 0.25) is 0 Å². The lowest BCUT2D eigenvalue weighted by atomic mass is 10.1. The molecule has 0 saturated carbocycles. The zero-order valence-corrected chi connectivity index (χ0v) is 11.0. The van der Waals surface area contributed by atoms with E-state index in [0.717, 1.165) is 31.5 Å². The lowest BCUT2D eigenvalue weighted by Crippen LogP contribution is -2.36. The Morgan fingerprint density at radius 1 is 1.11 bits per heavy atom. The second-order valence-electron chi connectivity index (χ2n) is 4.77. The van der Waals surface area contributed by atoms with Gasteiger partial charge in [-0.3, -0.25) is 4.79 Å². The molecular formula is C15H21NO2. The first kappa shape index (κ1) is 13.1. The quantitative estimate of drug-likeness (QED) is 0.822. The van der Waals surface area contributed by atoms with E-state index in [1.54, 1.807) is 7.11 Å². The van der Waals surface area contributed by atoms with E-state index < -0.39 is 6.10 Å². The second kappa shape index (κ2) is 6.55. The molecule has 1 fully saturated rings. The number of nitrogens with zero attached hydrogens (tertiary/aromatic N) is 1. The molecule has 1 saturated heterocycles. The summed E-state index contributed by atoms with van der Waals surface area (Å²) in [6, 6.07) is 9.73. The minimum absolute atomic E-state index is 0.102. The van der Waals surface area contributed by atoms with Gasteiger partial charge in [-0.2, -0.15) is 0 Å². The van der Waals surface area contributed by atoms with Crippen LogP contribution in [0, 0.1) is 0 Å². The average Bonchev–Trinajstić information content (AvgIpc) is 2.69. The van der Waals surface area contributed by atoms with E-state index in [4.69, 9.17) is 4.74 Å². The van der Waals surface area contributed by atoms with Crippen LogP contribution in [0.25, 0.3) is 0 Å². The highest BCUT2D eigenvalue weighted by Crippen LogP contribution is 2.21. The fourth-order valence-electron chi connectivity index (χ4n) is 2.46. The van der Waals surface area contributed by atoms with Gasteiger partial charge in [-0.25, -0.2) is 0 Å². The third-order valence-corrected chi connectivity index (χ3v) is 3.48. The maximum atomic E-state index is 12.5. The van der Waals surface area contributed by atoms with E-state index in [0.29, 0.717) is 0 Å². The van der Waals surface area contributed by atoms with Crippen molar-refractivity contribution in [1.82, 2.24) is 4.90 Å². The monoisotopic (exact) mass is 247 g/mol. The van der Waals surface area contributed by atoms with Crippen LogP contribution >= 0.6 is 0 Å². The van der Waals surface area contributed by atoms with Gasteiger partial charge in [0.25, 0.3) is 5.91 Å². The summed E-state index contributed by atoms with van der Waals surface area (Å²) in [5.41, 5.74) is 0.939. The fraction of sp³-hybridized carbons (Fsp3) is 0.533. The Balaban J connectivity index is 2.09. The molecule has 3 heteroatoms. The lowest BCUT2D eigenvalue weighted by Gasteiger charge is -2.25. The number of ether oxygens (including phenoxy) is 1. The molecule has 3 nitrogen and oxygen atoms in total. The molecule has 98 valence electrons. The van der Waals surface area contributed by atoms with Crippen molar-refractivity contribution in [1.29, 1.82) is 0 Å². The number of hydrogen-bond acceptors (Lipinski definition) is 2. The van der Waals surface area contributed by atoms with E-state index in [1.807, 2.05) is 35.2 Å². The Hall–Kier alpha value is -1.35. The molecule has 1 aliphatic heterocycles. The van der Waals surface area contributed by atoms with E-state index in [2.05, 4.69) is 0 Å². The number of carbonyl (C=O) groups is 1. The molecule has 0 bridgehead atoms. The van der Waals surface area contributed by atoms with Crippen LogP contribution in [0.4, 0.5) is 0 Å². The molecule has 0 N–H and O–H groups in total. The maximum Gasteiger partial charge on any atom is 0.256 e. The van der Waals surface area contributed by atoms with Crippen molar-refractivity contribution in [3.05, 3.63) is 35.9 Å². The Bertz CT molecular complexity index is 369. The highest BCUT2D eigenvalue weighted by Gasteiger charge is 2.25. The topological polar surface area (TPSA) is 29.5 Å². The summed E-state index contributed by atoms with van der Waals surface area (Å²) in [5, 5.41) is 0. The molecule has 1 amide bonds. The van der Waals surface area contributed by atoms with Crippen molar-refractivity contribution in [3.63, 3.8) is 0 Å². The van der Waals surface area contributed by atoms with E-state index in [-0.39, 0.29) is 5.91 Å². The van der Waals surface area contributed by atoms with Crippen LogP contribution in [0.3, 0.4) is 0 Å². The molecule has 0 radical (unpaired) electrons. The predicted molar refractivity (Wildman–Crippen MR) is 71.2 cm³/mol. The average molecular weight is 247 g/mol. The molecule has 18 heavy (non-hydrogen) atoms. The molecule has 0 aliphatic carbocycles. The van der Waals surface area contributed by atoms with E-state index in [1.165, 1.54) is 12.8 Å². The molecule has 1 atom stereocenters. The predicted octanol–water partition coefficient (Wildman–Crippen LogP) is 2.78. The van der Waals surface area contributed by atoms with Crippen LogP contribution in [-0.4, -0.2) is 31.0 Å². The highest BCUT2D eigenvalue weighted by atomic mass is 16.5. The third kappa shape index (κ3) is 3.10. The van der Waals surface area contributed by atoms with Crippen LogP contribution in [0.15, 0.2) is 30.3 Å². The second-order valence-corrected chi connectivity index (χ2v) is 4.77. The zero-order chi connectivity index (χ0) is 12.8. The zero-order valence-electron chi connectivity index (χ0n) is 11.0. The molecule has 1 aliphatic rings. The highest BCUT2D eigenvalue weighted by molar-refractivity contribution is 5.82. The van der Waals surface area contributed by atoms with Gasteiger partial charge in [0.15, 0.2) is 6.10 Å². The fourth-order valence-corrected chi connectivity index (χ4v) is 2.46. The first-order chi connectivity index (χ1) is 8.83. The van der Waals surface area contributed by atoms with Crippen molar-refractivity contribution in [2.45, 2.75) is 31.8 Å². The van der Waals surface area contributed by atoms with Gasteiger partial charge in [-0.15, -0.1) is 0 Å². The normalized spacial score (nSPS) is 18.2. The molecule has 1 aromatic rings. The smallest absolute Gasteiger partial charge is 0.256 e. The number of rotatable bonds is 3.